The maximum absolute atomic E-state index is 11.0. The summed E-state index contributed by atoms with van der Waals surface area (Å²) in [7, 11) is 0.131. The van der Waals surface area contributed by atoms with E-state index in [0.29, 0.717) is 0 Å². The summed E-state index contributed by atoms with van der Waals surface area (Å²) in [6, 6.07) is 0.0625. The van der Waals surface area contributed by atoms with E-state index in [1.807, 2.05) is 7.05 Å². The highest BCUT2D eigenvalue weighted by Crippen LogP contribution is 2.06. The number of nitrogens with one attached hydrogen (secondary N) is 2. The van der Waals surface area contributed by atoms with Gasteiger partial charge in [-0.15, -0.1) is 0 Å². The molecule has 12 heavy (non-hydrogen) atoms. The van der Waals surface area contributed by atoms with Gasteiger partial charge in [-0.25, -0.2) is 4.72 Å². The fourth-order valence-electron chi connectivity index (χ4n) is 1.31. The first-order chi connectivity index (χ1) is 5.53. The molecule has 1 unspecified atom stereocenters. The fourth-order valence-corrected chi connectivity index (χ4v) is 2.06. The van der Waals surface area contributed by atoms with Crippen LogP contribution in [0.2, 0.25) is 0 Å². The summed E-state index contributed by atoms with van der Waals surface area (Å²) in [6.45, 7) is 1.75. The summed E-state index contributed by atoms with van der Waals surface area (Å²) in [5, 5.41) is 0. The fraction of sp³-hybridized carbons (Fsp3) is 1.00. The Morgan fingerprint density at radius 1 is 1.50 bits per heavy atom. The largest absolute Gasteiger partial charge is 0.305 e. The van der Waals surface area contributed by atoms with Crippen LogP contribution in [-0.4, -0.2) is 46.5 Å². The van der Waals surface area contributed by atoms with Crippen molar-refractivity contribution >= 4 is 10.2 Å². The van der Waals surface area contributed by atoms with Crippen LogP contribution in [0.5, 0.6) is 0 Å². The van der Waals surface area contributed by atoms with Gasteiger partial charge in [0.25, 0.3) is 10.2 Å². The molecule has 0 aliphatic carbocycles. The van der Waals surface area contributed by atoms with Crippen LogP contribution in [-0.2, 0) is 10.2 Å². The summed E-state index contributed by atoms with van der Waals surface area (Å²) < 4.78 is 26.8. The van der Waals surface area contributed by atoms with E-state index >= 15 is 0 Å². The quantitative estimate of drug-likeness (QED) is 0.588. The molecule has 2 N–H and O–H groups in total. The molecule has 1 rings (SSSR count). The van der Waals surface area contributed by atoms with E-state index in [-0.39, 0.29) is 6.04 Å². The van der Waals surface area contributed by atoms with Crippen LogP contribution in [0, 0.1) is 0 Å². The molecule has 1 fully saturated rings. The van der Waals surface area contributed by atoms with Crippen molar-refractivity contribution in [1.29, 1.82) is 0 Å². The SMILES string of the molecule is CNS(=O)(=O)NC1CCN(C)C1. The number of hydrogen-bond acceptors (Lipinski definition) is 3. The number of likely N-dealkylation sites (tertiary alicyclic amines) is 1. The van der Waals surface area contributed by atoms with Gasteiger partial charge < -0.3 is 4.90 Å². The molecule has 0 spiro atoms. The second-order valence-electron chi connectivity index (χ2n) is 3.07. The van der Waals surface area contributed by atoms with Crippen LogP contribution >= 0.6 is 0 Å². The maximum Gasteiger partial charge on any atom is 0.276 e. The van der Waals surface area contributed by atoms with Gasteiger partial charge in [0.05, 0.1) is 0 Å². The molecular weight excluding hydrogens is 178 g/mol. The lowest BCUT2D eigenvalue weighted by Gasteiger charge is -2.11. The Hall–Kier alpha value is -0.170. The highest BCUT2D eigenvalue weighted by atomic mass is 32.2. The van der Waals surface area contributed by atoms with Crippen LogP contribution in [0.1, 0.15) is 6.42 Å². The maximum atomic E-state index is 11.0. The zero-order valence-electron chi connectivity index (χ0n) is 7.37. The van der Waals surface area contributed by atoms with E-state index in [2.05, 4.69) is 14.3 Å². The van der Waals surface area contributed by atoms with Gasteiger partial charge in [0, 0.05) is 19.6 Å². The Bertz CT molecular complexity index is 239. The molecule has 5 nitrogen and oxygen atoms in total. The van der Waals surface area contributed by atoms with Gasteiger partial charge in [-0.2, -0.15) is 13.1 Å². The van der Waals surface area contributed by atoms with Crippen molar-refractivity contribution < 1.29 is 8.42 Å². The van der Waals surface area contributed by atoms with E-state index in [0.717, 1.165) is 19.5 Å². The zero-order chi connectivity index (χ0) is 9.19. The van der Waals surface area contributed by atoms with Gasteiger partial charge in [0.2, 0.25) is 0 Å². The van der Waals surface area contributed by atoms with E-state index in [9.17, 15) is 8.42 Å². The normalized spacial score (nSPS) is 26.3. The average molecular weight is 193 g/mol. The van der Waals surface area contributed by atoms with Crippen molar-refractivity contribution in [1.82, 2.24) is 14.3 Å². The molecule has 1 atom stereocenters. The van der Waals surface area contributed by atoms with Gasteiger partial charge in [-0.1, -0.05) is 0 Å². The Morgan fingerprint density at radius 2 is 2.17 bits per heavy atom. The molecule has 1 aliphatic rings. The first-order valence-electron chi connectivity index (χ1n) is 3.93. The predicted molar refractivity (Wildman–Crippen MR) is 47.0 cm³/mol. The molecule has 1 saturated heterocycles. The van der Waals surface area contributed by atoms with E-state index in [4.69, 9.17) is 0 Å². The van der Waals surface area contributed by atoms with Crippen molar-refractivity contribution in [2.45, 2.75) is 12.5 Å². The molecule has 0 aromatic heterocycles. The second kappa shape index (κ2) is 3.69. The second-order valence-corrected chi connectivity index (χ2v) is 4.72. The van der Waals surface area contributed by atoms with Crippen molar-refractivity contribution in [3.63, 3.8) is 0 Å². The molecule has 0 saturated carbocycles. The minimum atomic E-state index is -3.25. The zero-order valence-corrected chi connectivity index (χ0v) is 8.19. The van der Waals surface area contributed by atoms with E-state index < -0.39 is 10.2 Å². The first kappa shape index (κ1) is 9.91. The molecule has 72 valence electrons. The Labute approximate surface area is 73.3 Å². The topological polar surface area (TPSA) is 61.4 Å². The van der Waals surface area contributed by atoms with Crippen LogP contribution in [0.25, 0.3) is 0 Å². The van der Waals surface area contributed by atoms with Crippen LogP contribution < -0.4 is 9.44 Å². The average Bonchev–Trinajstić information content (AvgIpc) is 2.35. The Morgan fingerprint density at radius 3 is 2.58 bits per heavy atom. The van der Waals surface area contributed by atoms with Crippen LogP contribution in [0.4, 0.5) is 0 Å². The molecule has 0 aromatic carbocycles. The molecule has 1 heterocycles. The van der Waals surface area contributed by atoms with Crippen LogP contribution in [0.3, 0.4) is 0 Å². The minimum Gasteiger partial charge on any atom is -0.305 e. The number of nitrogens with zero attached hydrogens (tertiary/aromatic N) is 1. The molecule has 0 amide bonds. The number of hydrogen-bond donors (Lipinski definition) is 2. The smallest absolute Gasteiger partial charge is 0.276 e. The van der Waals surface area contributed by atoms with Gasteiger partial charge >= 0.3 is 0 Å². The molecule has 0 radical (unpaired) electrons. The molecular formula is C6H15N3O2S. The van der Waals surface area contributed by atoms with Gasteiger partial charge in [-0.05, 0) is 20.0 Å². The van der Waals surface area contributed by atoms with Crippen LogP contribution in [0.15, 0.2) is 0 Å². The lowest BCUT2D eigenvalue weighted by Crippen LogP contribution is -2.42. The van der Waals surface area contributed by atoms with Gasteiger partial charge in [-0.3, -0.25) is 0 Å². The summed E-state index contributed by atoms with van der Waals surface area (Å²) in [4.78, 5) is 2.10. The number of rotatable bonds is 3. The van der Waals surface area contributed by atoms with E-state index in [1.54, 1.807) is 0 Å². The third kappa shape index (κ3) is 2.71. The van der Waals surface area contributed by atoms with Crippen molar-refractivity contribution in [2.24, 2.45) is 0 Å². The summed E-state index contributed by atoms with van der Waals surface area (Å²) in [5.74, 6) is 0. The number of likely N-dealkylation sites (N-methyl/N-ethyl adjacent to an activating group) is 1. The Kier molecular flexibility index (Phi) is 3.05. The summed E-state index contributed by atoms with van der Waals surface area (Å²) in [5.41, 5.74) is 0. The molecule has 0 bridgehead atoms. The standard InChI is InChI=1S/C6H15N3O2S/c1-7-12(10,11)8-6-3-4-9(2)5-6/h6-8H,3-5H2,1-2H3. The van der Waals surface area contributed by atoms with Gasteiger partial charge in [0.1, 0.15) is 0 Å². The van der Waals surface area contributed by atoms with Gasteiger partial charge in [0.15, 0.2) is 0 Å². The molecule has 0 aromatic rings. The third-order valence-corrected chi connectivity index (χ3v) is 3.16. The van der Waals surface area contributed by atoms with Crippen molar-refractivity contribution in [3.05, 3.63) is 0 Å². The Balaban J connectivity index is 2.43. The minimum absolute atomic E-state index is 0.0625. The van der Waals surface area contributed by atoms with Crippen molar-refractivity contribution in [2.75, 3.05) is 27.2 Å². The molecule has 1 aliphatic heterocycles. The highest BCUT2D eigenvalue weighted by Gasteiger charge is 2.22. The third-order valence-electron chi connectivity index (χ3n) is 1.98. The van der Waals surface area contributed by atoms with E-state index in [1.165, 1.54) is 7.05 Å². The lowest BCUT2D eigenvalue weighted by atomic mass is 10.3. The lowest BCUT2D eigenvalue weighted by molar-refractivity contribution is 0.407. The summed E-state index contributed by atoms with van der Waals surface area (Å²) >= 11 is 0. The summed E-state index contributed by atoms with van der Waals surface area (Å²) in [6.07, 6.45) is 0.886. The highest BCUT2D eigenvalue weighted by molar-refractivity contribution is 7.87. The predicted octanol–water partition coefficient (Wildman–Crippen LogP) is -1.26. The first-order valence-corrected chi connectivity index (χ1v) is 5.41. The van der Waals surface area contributed by atoms with Crippen molar-refractivity contribution in [3.8, 4) is 0 Å². The molecule has 6 heteroatoms. The monoisotopic (exact) mass is 193 g/mol.